The topological polar surface area (TPSA) is 87.5 Å². The number of nitro benzene ring substituents is 1. The van der Waals surface area contributed by atoms with E-state index in [4.69, 9.17) is 0 Å². The molecule has 2 N–H and O–H groups in total. The van der Waals surface area contributed by atoms with Gasteiger partial charge in [-0.15, -0.1) is 0 Å². The molecule has 7 heteroatoms. The maximum atomic E-state index is 11.5. The van der Waals surface area contributed by atoms with Crippen molar-refractivity contribution in [2.75, 3.05) is 39.5 Å². The van der Waals surface area contributed by atoms with Crippen LogP contribution in [-0.2, 0) is 0 Å². The molecule has 0 aliphatic heterocycles. The summed E-state index contributed by atoms with van der Waals surface area (Å²) in [7, 11) is 5.43. The molecule has 0 saturated carbocycles. The van der Waals surface area contributed by atoms with Crippen LogP contribution in [0.15, 0.2) is 18.2 Å². The van der Waals surface area contributed by atoms with Crippen LogP contribution >= 0.6 is 0 Å². The zero-order chi connectivity index (χ0) is 15.1. The number of anilines is 1. The van der Waals surface area contributed by atoms with Crippen molar-refractivity contribution in [3.8, 4) is 0 Å². The number of rotatable bonds is 7. The molecular weight excluding hydrogens is 260 g/mol. The molecule has 1 amide bonds. The van der Waals surface area contributed by atoms with Gasteiger partial charge in [0.2, 0.25) is 0 Å². The molecule has 0 fully saturated rings. The highest BCUT2D eigenvalue weighted by molar-refractivity contribution is 5.95. The molecule has 0 radical (unpaired) electrons. The average molecular weight is 280 g/mol. The normalized spacial score (nSPS) is 10.4. The summed E-state index contributed by atoms with van der Waals surface area (Å²) in [5.74, 6) is -0.341. The highest BCUT2D eigenvalue weighted by Crippen LogP contribution is 2.25. The van der Waals surface area contributed by atoms with Gasteiger partial charge in [0.15, 0.2) is 0 Å². The van der Waals surface area contributed by atoms with Crippen molar-refractivity contribution in [3.63, 3.8) is 0 Å². The molecule has 1 aromatic rings. The fourth-order valence-electron chi connectivity index (χ4n) is 1.74. The van der Waals surface area contributed by atoms with Crippen LogP contribution in [0.1, 0.15) is 16.8 Å². The first kappa shape index (κ1) is 15.9. The minimum Gasteiger partial charge on any atom is -0.379 e. The van der Waals surface area contributed by atoms with Gasteiger partial charge in [0.25, 0.3) is 11.6 Å². The van der Waals surface area contributed by atoms with Crippen LogP contribution in [-0.4, -0.2) is 50.0 Å². The van der Waals surface area contributed by atoms with Gasteiger partial charge in [-0.05, 0) is 39.2 Å². The number of benzene rings is 1. The summed E-state index contributed by atoms with van der Waals surface area (Å²) in [5, 5.41) is 16.5. The van der Waals surface area contributed by atoms with E-state index in [9.17, 15) is 14.9 Å². The number of hydrogen-bond acceptors (Lipinski definition) is 5. The highest BCUT2D eigenvalue weighted by atomic mass is 16.6. The average Bonchev–Trinajstić information content (AvgIpc) is 2.42. The number of nitrogens with one attached hydrogen (secondary N) is 2. The molecule has 0 saturated heterocycles. The molecule has 20 heavy (non-hydrogen) atoms. The Morgan fingerprint density at radius 2 is 2.10 bits per heavy atom. The van der Waals surface area contributed by atoms with Gasteiger partial charge in [0.1, 0.15) is 5.69 Å². The summed E-state index contributed by atoms with van der Waals surface area (Å²) in [6, 6.07) is 4.42. The lowest BCUT2D eigenvalue weighted by Gasteiger charge is -2.11. The van der Waals surface area contributed by atoms with Crippen LogP contribution in [0.3, 0.4) is 0 Å². The Hall–Kier alpha value is -2.15. The molecule has 1 rings (SSSR count). The number of nitro groups is 1. The Balaban J connectivity index is 2.80. The number of carbonyl (C=O) groups is 1. The second-order valence-electron chi connectivity index (χ2n) is 4.65. The first-order valence-electron chi connectivity index (χ1n) is 6.35. The predicted octanol–water partition coefficient (Wildman–Crippen LogP) is 1.32. The lowest BCUT2D eigenvalue weighted by atomic mass is 10.1. The molecule has 0 bridgehead atoms. The lowest BCUT2D eigenvalue weighted by molar-refractivity contribution is -0.384. The minimum atomic E-state index is -0.485. The Morgan fingerprint density at radius 1 is 1.40 bits per heavy atom. The monoisotopic (exact) mass is 280 g/mol. The third kappa shape index (κ3) is 4.51. The van der Waals surface area contributed by atoms with E-state index in [1.54, 1.807) is 12.1 Å². The Labute approximate surface area is 118 Å². The maximum absolute atomic E-state index is 11.5. The van der Waals surface area contributed by atoms with E-state index in [2.05, 4.69) is 10.6 Å². The van der Waals surface area contributed by atoms with Crippen LogP contribution in [0, 0.1) is 10.1 Å². The van der Waals surface area contributed by atoms with Crippen molar-refractivity contribution in [1.29, 1.82) is 0 Å². The molecule has 0 aliphatic rings. The van der Waals surface area contributed by atoms with E-state index in [1.807, 2.05) is 19.0 Å². The van der Waals surface area contributed by atoms with Gasteiger partial charge in [-0.1, -0.05) is 0 Å². The smallest absolute Gasteiger partial charge is 0.293 e. The molecular formula is C13H20N4O3. The van der Waals surface area contributed by atoms with Gasteiger partial charge in [-0.3, -0.25) is 14.9 Å². The third-order valence-electron chi connectivity index (χ3n) is 2.78. The quantitative estimate of drug-likeness (QED) is 0.447. The van der Waals surface area contributed by atoms with Crippen molar-refractivity contribution >= 4 is 17.3 Å². The molecule has 7 nitrogen and oxygen atoms in total. The van der Waals surface area contributed by atoms with E-state index < -0.39 is 4.92 Å². The third-order valence-corrected chi connectivity index (χ3v) is 2.78. The van der Waals surface area contributed by atoms with Gasteiger partial charge < -0.3 is 15.5 Å². The Bertz CT molecular complexity index is 489. The standard InChI is InChI=1S/C13H20N4O3/c1-14-13(18)10-5-6-11(12(9-10)17(19)20)15-7-4-8-16(2)3/h5-6,9,15H,4,7-8H2,1-3H3,(H,14,18). The molecule has 0 aromatic heterocycles. The highest BCUT2D eigenvalue weighted by Gasteiger charge is 2.16. The van der Waals surface area contributed by atoms with E-state index in [1.165, 1.54) is 13.1 Å². The van der Waals surface area contributed by atoms with Gasteiger partial charge >= 0.3 is 0 Å². The first-order chi connectivity index (χ1) is 9.45. The summed E-state index contributed by atoms with van der Waals surface area (Å²) >= 11 is 0. The second kappa shape index (κ2) is 7.44. The number of carbonyl (C=O) groups excluding carboxylic acids is 1. The predicted molar refractivity (Wildman–Crippen MR) is 78.1 cm³/mol. The first-order valence-corrected chi connectivity index (χ1v) is 6.35. The summed E-state index contributed by atoms with van der Waals surface area (Å²) < 4.78 is 0. The van der Waals surface area contributed by atoms with Crippen molar-refractivity contribution in [2.45, 2.75) is 6.42 Å². The van der Waals surface area contributed by atoms with Gasteiger partial charge in [-0.2, -0.15) is 0 Å². The van der Waals surface area contributed by atoms with Gasteiger partial charge in [-0.25, -0.2) is 0 Å². The number of nitrogens with zero attached hydrogens (tertiary/aromatic N) is 2. The number of amides is 1. The molecule has 1 aromatic carbocycles. The minimum absolute atomic E-state index is 0.0871. The maximum Gasteiger partial charge on any atom is 0.293 e. The van der Waals surface area contributed by atoms with Crippen molar-refractivity contribution in [2.24, 2.45) is 0 Å². The van der Waals surface area contributed by atoms with E-state index in [0.717, 1.165) is 13.0 Å². The van der Waals surface area contributed by atoms with Crippen LogP contribution in [0.2, 0.25) is 0 Å². The molecule has 0 atom stereocenters. The van der Waals surface area contributed by atoms with E-state index in [0.29, 0.717) is 12.2 Å². The van der Waals surface area contributed by atoms with Crippen LogP contribution < -0.4 is 10.6 Å². The fourth-order valence-corrected chi connectivity index (χ4v) is 1.74. The molecule has 0 unspecified atom stereocenters. The van der Waals surface area contributed by atoms with Crippen molar-refractivity contribution < 1.29 is 9.72 Å². The van der Waals surface area contributed by atoms with Crippen molar-refractivity contribution in [3.05, 3.63) is 33.9 Å². The van der Waals surface area contributed by atoms with Gasteiger partial charge in [0, 0.05) is 25.2 Å². The zero-order valence-corrected chi connectivity index (χ0v) is 12.0. The summed E-state index contributed by atoms with van der Waals surface area (Å²) in [6.07, 6.45) is 0.876. The second-order valence-corrected chi connectivity index (χ2v) is 4.65. The van der Waals surface area contributed by atoms with E-state index in [-0.39, 0.29) is 17.2 Å². The fraction of sp³-hybridized carbons (Fsp3) is 0.462. The largest absolute Gasteiger partial charge is 0.379 e. The van der Waals surface area contributed by atoms with Gasteiger partial charge in [0.05, 0.1) is 4.92 Å². The van der Waals surface area contributed by atoms with Crippen LogP contribution in [0.5, 0.6) is 0 Å². The SMILES string of the molecule is CNC(=O)c1ccc(NCCCN(C)C)c([N+](=O)[O-])c1. The zero-order valence-electron chi connectivity index (χ0n) is 12.0. The lowest BCUT2D eigenvalue weighted by Crippen LogP contribution is -2.18. The molecule has 110 valence electrons. The van der Waals surface area contributed by atoms with Crippen molar-refractivity contribution in [1.82, 2.24) is 10.2 Å². The Morgan fingerprint density at radius 3 is 2.65 bits per heavy atom. The summed E-state index contributed by atoms with van der Waals surface area (Å²) in [6.45, 7) is 1.54. The summed E-state index contributed by atoms with van der Waals surface area (Å²) in [5.41, 5.74) is 0.621. The Kier molecular flexibility index (Phi) is 5.92. The number of hydrogen-bond donors (Lipinski definition) is 2. The van der Waals surface area contributed by atoms with E-state index >= 15 is 0 Å². The van der Waals surface area contributed by atoms with Crippen LogP contribution in [0.4, 0.5) is 11.4 Å². The summed E-state index contributed by atoms with van der Waals surface area (Å²) in [4.78, 5) is 24.1. The van der Waals surface area contributed by atoms with Crippen LogP contribution in [0.25, 0.3) is 0 Å². The molecule has 0 heterocycles. The molecule has 0 spiro atoms. The molecule has 0 aliphatic carbocycles.